The summed E-state index contributed by atoms with van der Waals surface area (Å²) in [5.74, 6) is 0.0704. The van der Waals surface area contributed by atoms with Crippen LogP contribution in [-0.4, -0.2) is 38.2 Å². The highest BCUT2D eigenvalue weighted by Crippen LogP contribution is 2.27. The number of rotatable bonds is 5. The summed E-state index contributed by atoms with van der Waals surface area (Å²) in [6, 6.07) is 5.93. The molecule has 1 aromatic carbocycles. The summed E-state index contributed by atoms with van der Waals surface area (Å²) < 4.78 is 42.0. The molecule has 1 atom stereocenters. The molecule has 0 aromatic heterocycles. The quantitative estimate of drug-likeness (QED) is 0.777. The number of benzene rings is 1. The normalized spacial score (nSPS) is 20.4. The molecule has 0 aliphatic carbocycles. The summed E-state index contributed by atoms with van der Waals surface area (Å²) in [7, 11) is -3.72. The Bertz CT molecular complexity index is 582. The lowest BCUT2D eigenvalue weighted by Crippen LogP contribution is -2.48. The molecule has 7 heteroatoms. The van der Waals surface area contributed by atoms with Gasteiger partial charge in [-0.1, -0.05) is 12.1 Å². The van der Waals surface area contributed by atoms with Gasteiger partial charge in [0, 0.05) is 25.5 Å². The minimum atomic E-state index is -3.72. The Kier molecular flexibility index (Phi) is 5.46. The van der Waals surface area contributed by atoms with Crippen molar-refractivity contribution in [3.63, 3.8) is 0 Å². The second-order valence-electron chi connectivity index (χ2n) is 5.14. The summed E-state index contributed by atoms with van der Waals surface area (Å²) in [6.07, 6.45) is 1.72. The average Bonchev–Trinajstić information content (AvgIpc) is 2.50. The molecule has 1 fully saturated rings. The van der Waals surface area contributed by atoms with Crippen molar-refractivity contribution in [3.8, 4) is 0 Å². The molecule has 4 nitrogen and oxygen atoms in total. The fourth-order valence-electron chi connectivity index (χ4n) is 2.61. The Hall–Kier alpha value is -0.850. The molecule has 1 aliphatic rings. The predicted octanol–water partition coefficient (Wildman–Crippen LogP) is 2.85. The van der Waals surface area contributed by atoms with Gasteiger partial charge in [0.25, 0.3) is 0 Å². The SMILES string of the molecule is CCN(c1ccccc1F)S(=O)(=O)N1CCCC(CCl)C1. The molecular formula is C14H20ClFN2O2S. The molecular weight excluding hydrogens is 315 g/mol. The average molecular weight is 335 g/mol. The van der Waals surface area contributed by atoms with Crippen LogP contribution in [-0.2, 0) is 10.2 Å². The fraction of sp³-hybridized carbons (Fsp3) is 0.571. The molecule has 1 aliphatic heterocycles. The lowest BCUT2D eigenvalue weighted by atomic mass is 10.0. The summed E-state index contributed by atoms with van der Waals surface area (Å²) in [5.41, 5.74) is 0.0907. The number of nitrogens with zero attached hydrogens (tertiary/aromatic N) is 2. The number of anilines is 1. The molecule has 2 rings (SSSR count). The molecule has 1 unspecified atom stereocenters. The first-order valence-electron chi connectivity index (χ1n) is 7.09. The molecule has 0 N–H and O–H groups in total. The lowest BCUT2D eigenvalue weighted by Gasteiger charge is -2.35. The first-order chi connectivity index (χ1) is 10.0. The summed E-state index contributed by atoms with van der Waals surface area (Å²) in [4.78, 5) is 0. The highest BCUT2D eigenvalue weighted by Gasteiger charge is 2.33. The number of piperidine rings is 1. The molecule has 0 bridgehead atoms. The van der Waals surface area contributed by atoms with Gasteiger partial charge in [-0.05, 0) is 37.8 Å². The van der Waals surface area contributed by atoms with E-state index in [-0.39, 0.29) is 18.2 Å². The molecule has 1 saturated heterocycles. The minimum Gasteiger partial charge on any atom is -0.255 e. The summed E-state index contributed by atoms with van der Waals surface area (Å²) >= 11 is 5.86. The summed E-state index contributed by atoms with van der Waals surface area (Å²) in [5, 5.41) is 0. The van der Waals surface area contributed by atoms with Crippen LogP contribution >= 0.6 is 11.6 Å². The van der Waals surface area contributed by atoms with Crippen LogP contribution in [0.4, 0.5) is 10.1 Å². The zero-order chi connectivity index (χ0) is 15.5. The van der Waals surface area contributed by atoms with E-state index in [1.807, 2.05) is 0 Å². The topological polar surface area (TPSA) is 40.6 Å². The zero-order valence-electron chi connectivity index (χ0n) is 12.0. The highest BCUT2D eigenvalue weighted by atomic mass is 35.5. The molecule has 1 heterocycles. The maximum absolute atomic E-state index is 13.9. The third-order valence-electron chi connectivity index (χ3n) is 3.71. The maximum Gasteiger partial charge on any atom is 0.304 e. The second kappa shape index (κ2) is 6.94. The second-order valence-corrected chi connectivity index (χ2v) is 7.31. The zero-order valence-corrected chi connectivity index (χ0v) is 13.6. The van der Waals surface area contributed by atoms with Crippen LogP contribution in [0.3, 0.4) is 0 Å². The highest BCUT2D eigenvalue weighted by molar-refractivity contribution is 7.90. The third kappa shape index (κ3) is 3.49. The Morgan fingerprint density at radius 2 is 2.14 bits per heavy atom. The number of halogens is 2. The number of hydrogen-bond acceptors (Lipinski definition) is 2. The fourth-order valence-corrected chi connectivity index (χ4v) is 4.63. The Labute approximate surface area is 130 Å². The van der Waals surface area contributed by atoms with Crippen molar-refractivity contribution in [2.75, 3.05) is 29.8 Å². The van der Waals surface area contributed by atoms with Crippen molar-refractivity contribution < 1.29 is 12.8 Å². The van der Waals surface area contributed by atoms with E-state index in [1.165, 1.54) is 16.4 Å². The van der Waals surface area contributed by atoms with Crippen molar-refractivity contribution in [3.05, 3.63) is 30.1 Å². The molecule has 0 amide bonds. The first-order valence-corrected chi connectivity index (χ1v) is 9.02. The smallest absolute Gasteiger partial charge is 0.255 e. The van der Waals surface area contributed by atoms with E-state index >= 15 is 0 Å². The van der Waals surface area contributed by atoms with Crippen LogP contribution in [0.15, 0.2) is 24.3 Å². The van der Waals surface area contributed by atoms with Crippen LogP contribution < -0.4 is 4.31 Å². The van der Waals surface area contributed by atoms with Gasteiger partial charge in [0.1, 0.15) is 5.82 Å². The summed E-state index contributed by atoms with van der Waals surface area (Å²) in [6.45, 7) is 2.75. The van der Waals surface area contributed by atoms with Crippen molar-refractivity contribution >= 4 is 27.5 Å². The van der Waals surface area contributed by atoms with Crippen LogP contribution in [0.5, 0.6) is 0 Å². The van der Waals surface area contributed by atoms with Crippen molar-refractivity contribution in [2.24, 2.45) is 5.92 Å². The van der Waals surface area contributed by atoms with E-state index in [4.69, 9.17) is 11.6 Å². The van der Waals surface area contributed by atoms with Crippen molar-refractivity contribution in [1.82, 2.24) is 4.31 Å². The van der Waals surface area contributed by atoms with Crippen molar-refractivity contribution in [1.29, 1.82) is 0 Å². The van der Waals surface area contributed by atoms with Gasteiger partial charge in [-0.25, -0.2) is 4.39 Å². The first kappa shape index (κ1) is 16.5. The number of para-hydroxylation sites is 1. The van der Waals surface area contributed by atoms with E-state index in [9.17, 15) is 12.8 Å². The van der Waals surface area contributed by atoms with Gasteiger partial charge in [-0.3, -0.25) is 4.31 Å². The lowest BCUT2D eigenvalue weighted by molar-refractivity contribution is 0.282. The Morgan fingerprint density at radius 3 is 2.76 bits per heavy atom. The van der Waals surface area contributed by atoms with E-state index in [0.717, 1.165) is 17.1 Å². The van der Waals surface area contributed by atoms with Crippen LogP contribution in [0.25, 0.3) is 0 Å². The minimum absolute atomic E-state index is 0.0907. The van der Waals surface area contributed by atoms with Gasteiger partial charge >= 0.3 is 10.2 Å². The van der Waals surface area contributed by atoms with Gasteiger partial charge in [0.15, 0.2) is 0 Å². The van der Waals surface area contributed by atoms with Gasteiger partial charge < -0.3 is 0 Å². The molecule has 0 radical (unpaired) electrons. The molecule has 0 saturated carbocycles. The molecule has 21 heavy (non-hydrogen) atoms. The molecule has 1 aromatic rings. The van der Waals surface area contributed by atoms with E-state index in [1.54, 1.807) is 19.1 Å². The monoisotopic (exact) mass is 334 g/mol. The standard InChI is InChI=1S/C14H20ClFN2O2S/c1-2-18(14-8-4-3-7-13(14)16)21(19,20)17-9-5-6-12(10-15)11-17/h3-4,7-8,12H,2,5-6,9-11H2,1H3. The van der Waals surface area contributed by atoms with Gasteiger partial charge in [-0.2, -0.15) is 12.7 Å². The third-order valence-corrected chi connectivity index (χ3v) is 6.15. The van der Waals surface area contributed by atoms with E-state index in [0.29, 0.717) is 19.0 Å². The Balaban J connectivity index is 2.30. The van der Waals surface area contributed by atoms with E-state index in [2.05, 4.69) is 0 Å². The van der Waals surface area contributed by atoms with Gasteiger partial charge in [-0.15, -0.1) is 11.6 Å². The van der Waals surface area contributed by atoms with Gasteiger partial charge in [0.05, 0.1) is 5.69 Å². The largest absolute Gasteiger partial charge is 0.304 e. The number of hydrogen-bond donors (Lipinski definition) is 0. The van der Waals surface area contributed by atoms with Crippen molar-refractivity contribution in [2.45, 2.75) is 19.8 Å². The van der Waals surface area contributed by atoms with Crippen LogP contribution in [0.1, 0.15) is 19.8 Å². The maximum atomic E-state index is 13.9. The number of alkyl halides is 1. The predicted molar refractivity (Wildman–Crippen MR) is 83.4 cm³/mol. The van der Waals surface area contributed by atoms with Crippen LogP contribution in [0.2, 0.25) is 0 Å². The molecule has 118 valence electrons. The molecule has 0 spiro atoms. The van der Waals surface area contributed by atoms with Gasteiger partial charge in [0.2, 0.25) is 0 Å². The van der Waals surface area contributed by atoms with E-state index < -0.39 is 16.0 Å². The Morgan fingerprint density at radius 1 is 1.43 bits per heavy atom. The van der Waals surface area contributed by atoms with Crippen LogP contribution in [0, 0.1) is 11.7 Å².